The molecule has 104 valence electrons. The number of nitrogen functional groups attached to an aromatic ring is 1. The van der Waals surface area contributed by atoms with Gasteiger partial charge in [0.15, 0.2) is 0 Å². The SMILES string of the molecule is CCN(C(=O)c1cc(C)ccc1N)C1CCCCC1. The van der Waals surface area contributed by atoms with Gasteiger partial charge >= 0.3 is 0 Å². The monoisotopic (exact) mass is 260 g/mol. The normalized spacial score (nSPS) is 16.3. The summed E-state index contributed by atoms with van der Waals surface area (Å²) >= 11 is 0. The highest BCUT2D eigenvalue weighted by molar-refractivity contribution is 5.99. The second-order valence-corrected chi connectivity index (χ2v) is 5.47. The summed E-state index contributed by atoms with van der Waals surface area (Å²) in [5.74, 6) is 0.0931. The van der Waals surface area contributed by atoms with Crippen LogP contribution in [0.2, 0.25) is 0 Å². The van der Waals surface area contributed by atoms with E-state index >= 15 is 0 Å². The summed E-state index contributed by atoms with van der Waals surface area (Å²) in [6.07, 6.45) is 6.03. The molecule has 1 aliphatic carbocycles. The van der Waals surface area contributed by atoms with Gasteiger partial charge in [-0.25, -0.2) is 0 Å². The smallest absolute Gasteiger partial charge is 0.256 e. The van der Waals surface area contributed by atoms with Crippen LogP contribution in [-0.2, 0) is 0 Å². The van der Waals surface area contributed by atoms with Gasteiger partial charge in [-0.15, -0.1) is 0 Å². The number of hydrogen-bond acceptors (Lipinski definition) is 2. The van der Waals surface area contributed by atoms with Crippen molar-refractivity contribution in [3.05, 3.63) is 29.3 Å². The van der Waals surface area contributed by atoms with E-state index in [4.69, 9.17) is 5.73 Å². The van der Waals surface area contributed by atoms with E-state index in [1.54, 1.807) is 0 Å². The molecule has 0 aromatic heterocycles. The maximum Gasteiger partial charge on any atom is 0.256 e. The molecule has 1 aromatic rings. The van der Waals surface area contributed by atoms with Crippen molar-refractivity contribution in [2.45, 2.75) is 52.0 Å². The zero-order valence-electron chi connectivity index (χ0n) is 12.0. The van der Waals surface area contributed by atoms with Crippen LogP contribution in [0.3, 0.4) is 0 Å². The second-order valence-electron chi connectivity index (χ2n) is 5.47. The number of rotatable bonds is 3. The molecule has 1 fully saturated rings. The summed E-state index contributed by atoms with van der Waals surface area (Å²) in [6.45, 7) is 4.81. The van der Waals surface area contributed by atoms with Gasteiger partial charge in [0.1, 0.15) is 0 Å². The van der Waals surface area contributed by atoms with E-state index in [0.29, 0.717) is 17.3 Å². The molecular formula is C16H24N2O. The Morgan fingerprint density at radius 2 is 2.00 bits per heavy atom. The number of nitrogens with two attached hydrogens (primary N) is 1. The summed E-state index contributed by atoms with van der Waals surface area (Å²) in [7, 11) is 0. The Morgan fingerprint density at radius 3 is 2.63 bits per heavy atom. The fraction of sp³-hybridized carbons (Fsp3) is 0.562. The van der Waals surface area contributed by atoms with E-state index < -0.39 is 0 Å². The van der Waals surface area contributed by atoms with E-state index in [0.717, 1.165) is 24.9 Å². The molecule has 0 bridgehead atoms. The number of hydrogen-bond donors (Lipinski definition) is 1. The minimum atomic E-state index is 0.0931. The first-order valence-corrected chi connectivity index (χ1v) is 7.30. The topological polar surface area (TPSA) is 46.3 Å². The van der Waals surface area contributed by atoms with Crippen LogP contribution >= 0.6 is 0 Å². The van der Waals surface area contributed by atoms with E-state index in [1.165, 1.54) is 19.3 Å². The Kier molecular flexibility index (Phi) is 4.46. The third kappa shape index (κ3) is 3.09. The third-order valence-corrected chi connectivity index (χ3v) is 4.06. The largest absolute Gasteiger partial charge is 0.398 e. The average Bonchev–Trinajstić information content (AvgIpc) is 2.43. The first-order valence-electron chi connectivity index (χ1n) is 7.30. The van der Waals surface area contributed by atoms with Gasteiger partial charge in [0.25, 0.3) is 5.91 Å². The van der Waals surface area contributed by atoms with E-state index in [9.17, 15) is 4.79 Å². The molecule has 0 saturated heterocycles. The van der Waals surface area contributed by atoms with E-state index in [-0.39, 0.29) is 5.91 Å². The summed E-state index contributed by atoms with van der Waals surface area (Å²) in [4.78, 5) is 14.7. The lowest BCUT2D eigenvalue weighted by Gasteiger charge is -2.34. The lowest BCUT2D eigenvalue weighted by Crippen LogP contribution is -2.41. The Balaban J connectivity index is 2.22. The van der Waals surface area contributed by atoms with Crippen LogP contribution in [0.5, 0.6) is 0 Å². The lowest BCUT2D eigenvalue weighted by molar-refractivity contribution is 0.0649. The fourth-order valence-electron chi connectivity index (χ4n) is 2.97. The second kappa shape index (κ2) is 6.09. The first kappa shape index (κ1) is 13.9. The molecule has 2 N–H and O–H groups in total. The standard InChI is InChI=1S/C16H24N2O/c1-3-18(13-7-5-4-6-8-13)16(19)14-11-12(2)9-10-15(14)17/h9-11,13H,3-8,17H2,1-2H3. The first-order chi connectivity index (χ1) is 9.13. The number of nitrogens with zero attached hydrogens (tertiary/aromatic N) is 1. The van der Waals surface area contributed by atoms with Gasteiger partial charge in [0.05, 0.1) is 5.56 Å². The van der Waals surface area contributed by atoms with Crippen molar-refractivity contribution in [3.63, 3.8) is 0 Å². The average molecular weight is 260 g/mol. The van der Waals surface area contributed by atoms with Crippen LogP contribution in [0, 0.1) is 6.92 Å². The quantitative estimate of drug-likeness (QED) is 0.847. The van der Waals surface area contributed by atoms with Crippen LogP contribution < -0.4 is 5.73 Å². The van der Waals surface area contributed by atoms with Crippen LogP contribution in [0.1, 0.15) is 54.9 Å². The molecule has 1 aliphatic rings. The van der Waals surface area contributed by atoms with Crippen molar-refractivity contribution < 1.29 is 4.79 Å². The zero-order valence-corrected chi connectivity index (χ0v) is 12.0. The molecule has 1 saturated carbocycles. The van der Waals surface area contributed by atoms with Crippen molar-refractivity contribution in [2.75, 3.05) is 12.3 Å². The highest BCUT2D eigenvalue weighted by Crippen LogP contribution is 2.25. The predicted molar refractivity (Wildman–Crippen MR) is 79.2 cm³/mol. The fourth-order valence-corrected chi connectivity index (χ4v) is 2.97. The molecule has 0 atom stereocenters. The lowest BCUT2D eigenvalue weighted by atomic mass is 9.93. The molecule has 1 aromatic carbocycles. The van der Waals surface area contributed by atoms with Gasteiger partial charge < -0.3 is 10.6 Å². The molecular weight excluding hydrogens is 236 g/mol. The van der Waals surface area contributed by atoms with Crippen LogP contribution in [0.25, 0.3) is 0 Å². The molecule has 3 nitrogen and oxygen atoms in total. The van der Waals surface area contributed by atoms with Crippen molar-refractivity contribution in [2.24, 2.45) is 0 Å². The molecule has 0 heterocycles. The Bertz CT molecular complexity index is 450. The highest BCUT2D eigenvalue weighted by Gasteiger charge is 2.25. The number of amides is 1. The zero-order chi connectivity index (χ0) is 13.8. The van der Waals surface area contributed by atoms with Gasteiger partial charge in [-0.05, 0) is 38.8 Å². The summed E-state index contributed by atoms with van der Waals surface area (Å²) in [5, 5.41) is 0. The molecule has 3 heteroatoms. The summed E-state index contributed by atoms with van der Waals surface area (Å²) < 4.78 is 0. The molecule has 19 heavy (non-hydrogen) atoms. The minimum absolute atomic E-state index is 0.0931. The maximum atomic E-state index is 12.7. The molecule has 0 unspecified atom stereocenters. The Labute approximate surface area is 115 Å². The predicted octanol–water partition coefficient (Wildman–Crippen LogP) is 3.37. The molecule has 0 aliphatic heterocycles. The van der Waals surface area contributed by atoms with Crippen molar-refractivity contribution >= 4 is 11.6 Å². The van der Waals surface area contributed by atoms with Crippen molar-refractivity contribution in [1.29, 1.82) is 0 Å². The number of aryl methyl sites for hydroxylation is 1. The number of anilines is 1. The molecule has 0 spiro atoms. The number of benzene rings is 1. The van der Waals surface area contributed by atoms with Crippen LogP contribution in [-0.4, -0.2) is 23.4 Å². The van der Waals surface area contributed by atoms with Gasteiger partial charge in [-0.1, -0.05) is 30.9 Å². The molecule has 2 rings (SSSR count). The van der Waals surface area contributed by atoms with Gasteiger partial charge in [-0.3, -0.25) is 4.79 Å². The van der Waals surface area contributed by atoms with Crippen LogP contribution in [0.4, 0.5) is 5.69 Å². The number of carbonyl (C=O) groups excluding carboxylic acids is 1. The minimum Gasteiger partial charge on any atom is -0.398 e. The van der Waals surface area contributed by atoms with E-state index in [2.05, 4.69) is 6.92 Å². The Hall–Kier alpha value is -1.51. The van der Waals surface area contributed by atoms with Crippen molar-refractivity contribution in [3.8, 4) is 0 Å². The summed E-state index contributed by atoms with van der Waals surface area (Å²) in [5.41, 5.74) is 8.29. The van der Waals surface area contributed by atoms with Crippen molar-refractivity contribution in [1.82, 2.24) is 4.90 Å². The van der Waals surface area contributed by atoms with Gasteiger partial charge in [-0.2, -0.15) is 0 Å². The number of carbonyl (C=O) groups is 1. The highest BCUT2D eigenvalue weighted by atomic mass is 16.2. The van der Waals surface area contributed by atoms with Gasteiger partial charge in [0, 0.05) is 18.3 Å². The maximum absolute atomic E-state index is 12.7. The molecule has 0 radical (unpaired) electrons. The molecule has 1 amide bonds. The third-order valence-electron chi connectivity index (χ3n) is 4.06. The summed E-state index contributed by atoms with van der Waals surface area (Å²) in [6, 6.07) is 6.08. The van der Waals surface area contributed by atoms with E-state index in [1.807, 2.05) is 30.0 Å². The van der Waals surface area contributed by atoms with Gasteiger partial charge in [0.2, 0.25) is 0 Å². The Morgan fingerprint density at radius 1 is 1.32 bits per heavy atom. The van der Waals surface area contributed by atoms with Crippen LogP contribution in [0.15, 0.2) is 18.2 Å².